The fourth-order valence-electron chi connectivity index (χ4n) is 1.00. The third-order valence-corrected chi connectivity index (χ3v) is 1.69. The number of aryl methyl sites for hydroxylation is 2. The van der Waals surface area contributed by atoms with Gasteiger partial charge in [0.05, 0.1) is 11.9 Å². The summed E-state index contributed by atoms with van der Waals surface area (Å²) in [5.41, 5.74) is 0.979. The van der Waals surface area contributed by atoms with Gasteiger partial charge < -0.3 is 5.21 Å². The maximum absolute atomic E-state index is 9.09. The molecule has 0 aliphatic carbocycles. The van der Waals surface area contributed by atoms with Gasteiger partial charge in [-0.05, 0) is 19.8 Å². The normalized spacial score (nSPS) is 10.4. The Labute approximate surface area is 66.6 Å². The van der Waals surface area contributed by atoms with Gasteiger partial charge in [0.2, 0.25) is 0 Å². The van der Waals surface area contributed by atoms with Crippen LogP contribution in [0.15, 0.2) is 6.20 Å². The maximum Gasteiger partial charge on any atom is 0.141 e. The summed E-state index contributed by atoms with van der Waals surface area (Å²) in [5.74, 6) is 0.663. The van der Waals surface area contributed by atoms with Crippen molar-refractivity contribution in [1.29, 1.82) is 0 Å². The highest BCUT2D eigenvalue weighted by Crippen LogP contribution is 2.03. The lowest BCUT2D eigenvalue weighted by atomic mass is 10.2. The number of hydrogen-bond donors (Lipinski definition) is 1. The van der Waals surface area contributed by atoms with Gasteiger partial charge in [-0.1, -0.05) is 13.3 Å². The SMILES string of the molecule is CCCCc1cn(O)c(C)n1. The monoisotopic (exact) mass is 154 g/mol. The van der Waals surface area contributed by atoms with Crippen LogP contribution in [0.25, 0.3) is 0 Å². The summed E-state index contributed by atoms with van der Waals surface area (Å²) >= 11 is 0. The predicted octanol–water partition coefficient (Wildman–Crippen LogP) is 1.77. The molecule has 0 saturated carbocycles. The van der Waals surface area contributed by atoms with Crippen LogP contribution >= 0.6 is 0 Å². The highest BCUT2D eigenvalue weighted by atomic mass is 16.5. The minimum Gasteiger partial charge on any atom is -0.427 e. The van der Waals surface area contributed by atoms with Crippen LogP contribution in [0.5, 0.6) is 0 Å². The van der Waals surface area contributed by atoms with E-state index in [4.69, 9.17) is 5.21 Å². The molecule has 0 spiro atoms. The number of rotatable bonds is 3. The Bertz CT molecular complexity index is 210. The number of hydrogen-bond acceptors (Lipinski definition) is 2. The van der Waals surface area contributed by atoms with E-state index in [2.05, 4.69) is 11.9 Å². The van der Waals surface area contributed by atoms with Crippen molar-refractivity contribution in [2.75, 3.05) is 0 Å². The van der Waals surface area contributed by atoms with Crippen molar-refractivity contribution in [3.05, 3.63) is 17.7 Å². The van der Waals surface area contributed by atoms with E-state index in [9.17, 15) is 0 Å². The molecule has 0 aliphatic heterocycles. The van der Waals surface area contributed by atoms with Crippen LogP contribution in [0.4, 0.5) is 0 Å². The van der Waals surface area contributed by atoms with E-state index in [0.717, 1.165) is 29.7 Å². The highest BCUT2D eigenvalue weighted by Gasteiger charge is 2.00. The molecule has 0 aliphatic rings. The van der Waals surface area contributed by atoms with Crippen LogP contribution < -0.4 is 0 Å². The molecule has 0 amide bonds. The highest BCUT2D eigenvalue weighted by molar-refractivity contribution is 5.01. The van der Waals surface area contributed by atoms with E-state index in [1.807, 2.05) is 0 Å². The summed E-state index contributed by atoms with van der Waals surface area (Å²) in [5, 5.41) is 9.09. The molecule has 0 atom stereocenters. The van der Waals surface area contributed by atoms with Gasteiger partial charge in [-0.3, -0.25) is 0 Å². The first-order valence-electron chi connectivity index (χ1n) is 3.98. The molecule has 0 saturated heterocycles. The largest absolute Gasteiger partial charge is 0.427 e. The van der Waals surface area contributed by atoms with E-state index in [0.29, 0.717) is 5.82 Å². The average molecular weight is 154 g/mol. The van der Waals surface area contributed by atoms with Gasteiger partial charge >= 0.3 is 0 Å². The van der Waals surface area contributed by atoms with Gasteiger partial charge in [0.25, 0.3) is 0 Å². The fraction of sp³-hybridized carbons (Fsp3) is 0.625. The summed E-state index contributed by atoms with van der Waals surface area (Å²) in [6.07, 6.45) is 4.93. The summed E-state index contributed by atoms with van der Waals surface area (Å²) in [7, 11) is 0. The number of imidazole rings is 1. The molecule has 3 nitrogen and oxygen atoms in total. The van der Waals surface area contributed by atoms with Crippen LogP contribution in [0.3, 0.4) is 0 Å². The van der Waals surface area contributed by atoms with Crippen molar-refractivity contribution < 1.29 is 5.21 Å². The summed E-state index contributed by atoms with van der Waals surface area (Å²) < 4.78 is 1.07. The zero-order chi connectivity index (χ0) is 8.27. The van der Waals surface area contributed by atoms with Gasteiger partial charge in [-0.2, -0.15) is 4.73 Å². The lowest BCUT2D eigenvalue weighted by Gasteiger charge is -1.89. The minimum absolute atomic E-state index is 0.663. The molecule has 62 valence electrons. The van der Waals surface area contributed by atoms with Crippen LogP contribution in [0, 0.1) is 6.92 Å². The molecule has 1 aromatic rings. The Hall–Kier alpha value is -0.990. The van der Waals surface area contributed by atoms with Gasteiger partial charge in [-0.25, -0.2) is 4.98 Å². The van der Waals surface area contributed by atoms with E-state index in [1.54, 1.807) is 13.1 Å². The molecule has 0 radical (unpaired) electrons. The summed E-state index contributed by atoms with van der Waals surface area (Å²) in [4.78, 5) is 4.16. The number of aromatic nitrogens is 2. The Kier molecular flexibility index (Phi) is 2.52. The first-order chi connectivity index (χ1) is 5.24. The van der Waals surface area contributed by atoms with Gasteiger partial charge in [0.15, 0.2) is 0 Å². The molecule has 0 bridgehead atoms. The lowest BCUT2D eigenvalue weighted by molar-refractivity contribution is 0.179. The second-order valence-electron chi connectivity index (χ2n) is 2.73. The molecular weight excluding hydrogens is 140 g/mol. The van der Waals surface area contributed by atoms with E-state index in [-0.39, 0.29) is 0 Å². The number of nitrogens with zero attached hydrogens (tertiary/aromatic N) is 2. The molecule has 1 heterocycles. The molecule has 1 N–H and O–H groups in total. The van der Waals surface area contributed by atoms with Gasteiger partial charge in [-0.15, -0.1) is 0 Å². The zero-order valence-electron chi connectivity index (χ0n) is 7.04. The Morgan fingerprint density at radius 2 is 2.36 bits per heavy atom. The van der Waals surface area contributed by atoms with Crippen LogP contribution in [0.1, 0.15) is 31.3 Å². The maximum atomic E-state index is 9.09. The minimum atomic E-state index is 0.663. The first kappa shape index (κ1) is 8.11. The third-order valence-electron chi connectivity index (χ3n) is 1.69. The molecule has 1 aromatic heterocycles. The molecule has 11 heavy (non-hydrogen) atoms. The van der Waals surface area contributed by atoms with E-state index in [1.165, 1.54) is 0 Å². The Morgan fingerprint density at radius 3 is 2.82 bits per heavy atom. The summed E-state index contributed by atoms with van der Waals surface area (Å²) in [6.45, 7) is 3.93. The Balaban J connectivity index is 2.58. The molecule has 1 rings (SSSR count). The van der Waals surface area contributed by atoms with Crippen LogP contribution in [0.2, 0.25) is 0 Å². The third kappa shape index (κ3) is 1.97. The molecule has 0 fully saturated rings. The Morgan fingerprint density at radius 1 is 1.64 bits per heavy atom. The van der Waals surface area contributed by atoms with E-state index < -0.39 is 0 Å². The standard InChI is InChI=1S/C8H14N2O/c1-3-4-5-8-6-10(11)7(2)9-8/h6,11H,3-5H2,1-2H3. The van der Waals surface area contributed by atoms with Crippen LogP contribution in [-0.4, -0.2) is 14.9 Å². The van der Waals surface area contributed by atoms with Crippen molar-refractivity contribution in [3.63, 3.8) is 0 Å². The quantitative estimate of drug-likeness (QED) is 0.674. The second kappa shape index (κ2) is 3.42. The topological polar surface area (TPSA) is 38.0 Å². The van der Waals surface area contributed by atoms with E-state index >= 15 is 0 Å². The predicted molar refractivity (Wildman–Crippen MR) is 42.8 cm³/mol. The lowest BCUT2D eigenvalue weighted by Crippen LogP contribution is -1.89. The van der Waals surface area contributed by atoms with Crippen LogP contribution in [-0.2, 0) is 6.42 Å². The molecule has 0 aromatic carbocycles. The average Bonchev–Trinajstić information content (AvgIpc) is 2.28. The zero-order valence-corrected chi connectivity index (χ0v) is 7.04. The smallest absolute Gasteiger partial charge is 0.141 e. The van der Waals surface area contributed by atoms with Crippen molar-refractivity contribution in [3.8, 4) is 0 Å². The van der Waals surface area contributed by atoms with Crippen molar-refractivity contribution >= 4 is 0 Å². The first-order valence-corrected chi connectivity index (χ1v) is 3.98. The van der Waals surface area contributed by atoms with Crippen molar-refractivity contribution in [2.24, 2.45) is 0 Å². The van der Waals surface area contributed by atoms with Gasteiger partial charge in [0, 0.05) is 0 Å². The molecule has 3 heteroatoms. The molecular formula is C8H14N2O. The number of unbranched alkanes of at least 4 members (excludes halogenated alkanes) is 1. The second-order valence-corrected chi connectivity index (χ2v) is 2.73. The van der Waals surface area contributed by atoms with Crippen molar-refractivity contribution in [2.45, 2.75) is 33.1 Å². The van der Waals surface area contributed by atoms with Gasteiger partial charge in [0.1, 0.15) is 5.82 Å². The molecule has 0 unspecified atom stereocenters. The van der Waals surface area contributed by atoms with Crippen molar-refractivity contribution in [1.82, 2.24) is 9.71 Å². The fourth-order valence-corrected chi connectivity index (χ4v) is 1.00. The summed E-state index contributed by atoms with van der Waals surface area (Å²) in [6, 6.07) is 0.